The third-order valence-corrected chi connectivity index (χ3v) is 2.67. The van der Waals surface area contributed by atoms with E-state index in [1.165, 1.54) is 5.56 Å². The van der Waals surface area contributed by atoms with Gasteiger partial charge in [0.15, 0.2) is 6.29 Å². The van der Waals surface area contributed by atoms with Gasteiger partial charge in [0, 0.05) is 13.1 Å². The second-order valence-electron chi connectivity index (χ2n) is 4.01. The standard InChI is InChI=1S/C13H19NO3/c1-15-12-5-2-4-11(8-12)9-14-10-13-16-6-3-7-17-13/h2,4-5,8,13-14H,3,6-7,9-10H2,1H3. The van der Waals surface area contributed by atoms with Crippen molar-refractivity contribution in [2.24, 2.45) is 0 Å². The highest BCUT2D eigenvalue weighted by Crippen LogP contribution is 2.12. The summed E-state index contributed by atoms with van der Waals surface area (Å²) in [5.41, 5.74) is 1.19. The topological polar surface area (TPSA) is 39.7 Å². The number of methoxy groups -OCH3 is 1. The van der Waals surface area contributed by atoms with Gasteiger partial charge in [-0.25, -0.2) is 0 Å². The molecule has 1 aromatic rings. The Hall–Kier alpha value is -1.10. The van der Waals surface area contributed by atoms with Crippen molar-refractivity contribution in [2.45, 2.75) is 19.3 Å². The van der Waals surface area contributed by atoms with Crippen molar-refractivity contribution >= 4 is 0 Å². The molecule has 0 radical (unpaired) electrons. The monoisotopic (exact) mass is 237 g/mol. The lowest BCUT2D eigenvalue weighted by molar-refractivity contribution is -0.175. The summed E-state index contributed by atoms with van der Waals surface area (Å²) in [6, 6.07) is 8.02. The Morgan fingerprint density at radius 1 is 1.35 bits per heavy atom. The molecule has 94 valence electrons. The SMILES string of the molecule is COc1cccc(CNCC2OCCCO2)c1. The Balaban J connectivity index is 1.73. The molecule has 1 aromatic carbocycles. The van der Waals surface area contributed by atoms with Crippen molar-refractivity contribution in [1.82, 2.24) is 5.32 Å². The van der Waals surface area contributed by atoms with Crippen LogP contribution in [0.3, 0.4) is 0 Å². The maximum Gasteiger partial charge on any atom is 0.169 e. The minimum Gasteiger partial charge on any atom is -0.497 e. The highest BCUT2D eigenvalue weighted by Gasteiger charge is 2.12. The average Bonchev–Trinajstić information content (AvgIpc) is 2.40. The van der Waals surface area contributed by atoms with Gasteiger partial charge in [0.05, 0.1) is 20.3 Å². The van der Waals surface area contributed by atoms with Gasteiger partial charge >= 0.3 is 0 Å². The zero-order valence-electron chi connectivity index (χ0n) is 10.1. The van der Waals surface area contributed by atoms with Gasteiger partial charge in [-0.2, -0.15) is 0 Å². The van der Waals surface area contributed by atoms with E-state index >= 15 is 0 Å². The van der Waals surface area contributed by atoms with Crippen LogP contribution in [0.5, 0.6) is 5.75 Å². The summed E-state index contributed by atoms with van der Waals surface area (Å²) in [5, 5.41) is 3.32. The maximum absolute atomic E-state index is 5.45. The molecule has 0 saturated carbocycles. The molecule has 1 heterocycles. The van der Waals surface area contributed by atoms with Gasteiger partial charge in [-0.3, -0.25) is 0 Å². The fourth-order valence-corrected chi connectivity index (χ4v) is 1.77. The molecule has 1 fully saturated rings. The Labute approximate surface area is 102 Å². The van der Waals surface area contributed by atoms with Crippen LogP contribution in [0.15, 0.2) is 24.3 Å². The van der Waals surface area contributed by atoms with Gasteiger partial charge in [0.2, 0.25) is 0 Å². The van der Waals surface area contributed by atoms with Crippen molar-refractivity contribution in [2.75, 3.05) is 26.9 Å². The van der Waals surface area contributed by atoms with Crippen LogP contribution in [-0.2, 0) is 16.0 Å². The third-order valence-electron chi connectivity index (χ3n) is 2.67. The molecule has 1 aliphatic rings. The van der Waals surface area contributed by atoms with Gasteiger partial charge in [-0.15, -0.1) is 0 Å². The van der Waals surface area contributed by atoms with Crippen LogP contribution in [0.4, 0.5) is 0 Å². The Morgan fingerprint density at radius 2 is 2.18 bits per heavy atom. The van der Waals surface area contributed by atoms with Crippen molar-refractivity contribution in [3.8, 4) is 5.75 Å². The molecule has 0 aliphatic carbocycles. The number of hydrogen-bond donors (Lipinski definition) is 1. The first-order chi connectivity index (χ1) is 8.38. The van der Waals surface area contributed by atoms with Crippen LogP contribution in [-0.4, -0.2) is 33.2 Å². The molecule has 4 nitrogen and oxygen atoms in total. The molecule has 0 spiro atoms. The van der Waals surface area contributed by atoms with E-state index in [9.17, 15) is 0 Å². The molecule has 4 heteroatoms. The highest BCUT2D eigenvalue weighted by molar-refractivity contribution is 5.28. The van der Waals surface area contributed by atoms with Gasteiger partial charge in [0.1, 0.15) is 5.75 Å². The average molecular weight is 237 g/mol. The molecular formula is C13H19NO3. The van der Waals surface area contributed by atoms with E-state index < -0.39 is 0 Å². The summed E-state index contributed by atoms with van der Waals surface area (Å²) in [6.07, 6.45) is 0.890. The lowest BCUT2D eigenvalue weighted by atomic mass is 10.2. The molecule has 0 aromatic heterocycles. The molecule has 1 N–H and O–H groups in total. The molecule has 1 saturated heterocycles. The fourth-order valence-electron chi connectivity index (χ4n) is 1.77. The summed E-state index contributed by atoms with van der Waals surface area (Å²) >= 11 is 0. The lowest BCUT2D eigenvalue weighted by Crippen LogP contribution is -2.34. The zero-order chi connectivity index (χ0) is 11.9. The van der Waals surface area contributed by atoms with E-state index in [0.717, 1.165) is 38.5 Å². The summed E-state index contributed by atoms with van der Waals surface area (Å²) < 4.78 is 16.1. The van der Waals surface area contributed by atoms with E-state index in [2.05, 4.69) is 11.4 Å². The number of rotatable bonds is 5. The van der Waals surface area contributed by atoms with E-state index in [4.69, 9.17) is 14.2 Å². The summed E-state index contributed by atoms with van der Waals surface area (Å²) in [6.45, 7) is 3.11. The van der Waals surface area contributed by atoms with E-state index in [1.54, 1.807) is 7.11 Å². The van der Waals surface area contributed by atoms with Crippen LogP contribution >= 0.6 is 0 Å². The number of hydrogen-bond acceptors (Lipinski definition) is 4. The zero-order valence-corrected chi connectivity index (χ0v) is 10.1. The predicted octanol–water partition coefficient (Wildman–Crippen LogP) is 1.55. The van der Waals surface area contributed by atoms with Crippen molar-refractivity contribution in [1.29, 1.82) is 0 Å². The minimum atomic E-state index is -0.102. The van der Waals surface area contributed by atoms with Gasteiger partial charge in [-0.1, -0.05) is 12.1 Å². The van der Waals surface area contributed by atoms with Crippen LogP contribution in [0, 0.1) is 0 Å². The molecular weight excluding hydrogens is 218 g/mol. The Bertz CT molecular complexity index is 337. The summed E-state index contributed by atoms with van der Waals surface area (Å²) in [7, 11) is 1.68. The van der Waals surface area contributed by atoms with E-state index in [-0.39, 0.29) is 6.29 Å². The Kier molecular flexibility index (Phi) is 4.79. The highest BCUT2D eigenvalue weighted by atomic mass is 16.7. The summed E-state index contributed by atoms with van der Waals surface area (Å²) in [5.74, 6) is 0.884. The molecule has 0 bridgehead atoms. The molecule has 0 unspecified atom stereocenters. The normalized spacial score (nSPS) is 17.0. The van der Waals surface area contributed by atoms with Crippen LogP contribution in [0.1, 0.15) is 12.0 Å². The van der Waals surface area contributed by atoms with Gasteiger partial charge in [0.25, 0.3) is 0 Å². The van der Waals surface area contributed by atoms with Crippen molar-refractivity contribution < 1.29 is 14.2 Å². The number of nitrogens with one attached hydrogen (secondary N) is 1. The number of benzene rings is 1. The first-order valence-electron chi connectivity index (χ1n) is 5.95. The Morgan fingerprint density at radius 3 is 2.94 bits per heavy atom. The van der Waals surface area contributed by atoms with E-state index in [0.29, 0.717) is 0 Å². The molecule has 0 amide bonds. The van der Waals surface area contributed by atoms with Crippen LogP contribution in [0.25, 0.3) is 0 Å². The van der Waals surface area contributed by atoms with Crippen molar-refractivity contribution in [3.05, 3.63) is 29.8 Å². The van der Waals surface area contributed by atoms with Crippen molar-refractivity contribution in [3.63, 3.8) is 0 Å². The summed E-state index contributed by atoms with van der Waals surface area (Å²) in [4.78, 5) is 0. The minimum absolute atomic E-state index is 0.102. The molecule has 17 heavy (non-hydrogen) atoms. The first-order valence-corrected chi connectivity index (χ1v) is 5.95. The van der Waals surface area contributed by atoms with Gasteiger partial charge < -0.3 is 19.5 Å². The second kappa shape index (κ2) is 6.59. The lowest BCUT2D eigenvalue weighted by Gasteiger charge is -2.23. The smallest absolute Gasteiger partial charge is 0.169 e. The predicted molar refractivity (Wildman–Crippen MR) is 65.0 cm³/mol. The molecule has 2 rings (SSSR count). The number of ether oxygens (including phenoxy) is 3. The van der Waals surface area contributed by atoms with E-state index in [1.807, 2.05) is 18.2 Å². The maximum atomic E-state index is 5.45. The quantitative estimate of drug-likeness (QED) is 0.843. The first kappa shape index (κ1) is 12.4. The third kappa shape index (κ3) is 4.00. The molecule has 0 atom stereocenters. The van der Waals surface area contributed by atoms with Gasteiger partial charge in [-0.05, 0) is 24.1 Å². The fraction of sp³-hybridized carbons (Fsp3) is 0.538. The second-order valence-corrected chi connectivity index (χ2v) is 4.01. The molecule has 1 aliphatic heterocycles. The van der Waals surface area contributed by atoms with Crippen LogP contribution < -0.4 is 10.1 Å². The largest absolute Gasteiger partial charge is 0.497 e. The van der Waals surface area contributed by atoms with Crippen LogP contribution in [0.2, 0.25) is 0 Å².